The molecule has 1 aliphatic rings. The largest absolute Gasteiger partial charge is 0.465 e. The average molecular weight is 536 g/mol. The van der Waals surface area contributed by atoms with Gasteiger partial charge in [-0.15, -0.1) is 0 Å². The van der Waals surface area contributed by atoms with Gasteiger partial charge in [-0.25, -0.2) is 13.2 Å². The Morgan fingerprint density at radius 3 is 2.42 bits per heavy atom. The highest BCUT2D eigenvalue weighted by atomic mass is 35.5. The number of likely N-dealkylation sites (N-methyl/N-ethyl adjacent to an activating group) is 2. The zero-order valence-corrected chi connectivity index (χ0v) is 21.3. The van der Waals surface area contributed by atoms with E-state index in [1.165, 1.54) is 35.0 Å². The van der Waals surface area contributed by atoms with Gasteiger partial charge >= 0.3 is 6.09 Å². The summed E-state index contributed by atoms with van der Waals surface area (Å²) in [6.45, 7) is 0.192. The van der Waals surface area contributed by atoms with Gasteiger partial charge < -0.3 is 15.3 Å². The van der Waals surface area contributed by atoms with E-state index in [-0.39, 0.29) is 28.9 Å². The number of hydrogen-bond acceptors (Lipinski definition) is 6. The average Bonchev–Trinajstić information content (AvgIpc) is 3.33. The van der Waals surface area contributed by atoms with Crippen molar-refractivity contribution in [2.24, 2.45) is 4.99 Å². The summed E-state index contributed by atoms with van der Waals surface area (Å²) in [5.74, 6) is -0.622. The Kier molecular flexibility index (Phi) is 8.66. The molecule has 2 N–H and O–H groups in total. The van der Waals surface area contributed by atoms with Crippen LogP contribution in [0.1, 0.15) is 11.1 Å². The highest BCUT2D eigenvalue weighted by Gasteiger charge is 2.26. The molecule has 13 heteroatoms. The van der Waals surface area contributed by atoms with E-state index >= 15 is 0 Å². The summed E-state index contributed by atoms with van der Waals surface area (Å²) in [6.07, 6.45) is -1.06. The third-order valence-corrected chi connectivity index (χ3v) is 7.76. The quantitative estimate of drug-likeness (QED) is 0.498. The van der Waals surface area contributed by atoms with Crippen molar-refractivity contribution in [3.8, 4) is 0 Å². The fourth-order valence-electron chi connectivity index (χ4n) is 3.48. The summed E-state index contributed by atoms with van der Waals surface area (Å²) in [4.78, 5) is 42.7. The molecule has 2 aromatic carbocycles. The molecular formula is C23H26ClN5O6S. The summed E-state index contributed by atoms with van der Waals surface area (Å²) in [7, 11) is -1.15. The maximum absolute atomic E-state index is 12.6. The number of carbonyl (C=O) groups excluding carboxylic acids is 2. The lowest BCUT2D eigenvalue weighted by Crippen LogP contribution is -2.43. The van der Waals surface area contributed by atoms with Crippen LogP contribution in [0.15, 0.2) is 58.4 Å². The molecule has 3 amide bonds. The zero-order valence-electron chi connectivity index (χ0n) is 19.7. The van der Waals surface area contributed by atoms with Gasteiger partial charge in [0.2, 0.25) is 21.8 Å². The Balaban J connectivity index is 1.50. The SMILES string of the molecule is CN(Cc1ccc(C2=NCCN2C(=O)O)cc1)C(=O)CNC(=O)CN(C)S(=O)(=O)c1ccccc1Cl. The normalized spacial score (nSPS) is 13.4. The number of rotatable bonds is 9. The third-order valence-electron chi connectivity index (χ3n) is 5.46. The number of amidine groups is 1. The number of carboxylic acid groups (broad SMARTS) is 1. The Labute approximate surface area is 214 Å². The monoisotopic (exact) mass is 535 g/mol. The summed E-state index contributed by atoms with van der Waals surface area (Å²) >= 11 is 5.97. The first-order valence-corrected chi connectivity index (χ1v) is 12.7. The van der Waals surface area contributed by atoms with Gasteiger partial charge in [-0.05, 0) is 17.7 Å². The predicted molar refractivity (Wildman–Crippen MR) is 133 cm³/mol. The molecule has 0 radical (unpaired) electrons. The molecule has 0 unspecified atom stereocenters. The van der Waals surface area contributed by atoms with Crippen LogP contribution in [-0.2, 0) is 26.2 Å². The fraction of sp³-hybridized carbons (Fsp3) is 0.304. The molecule has 0 bridgehead atoms. The van der Waals surface area contributed by atoms with Crippen molar-refractivity contribution in [3.05, 3.63) is 64.7 Å². The van der Waals surface area contributed by atoms with Gasteiger partial charge in [0.1, 0.15) is 10.7 Å². The van der Waals surface area contributed by atoms with Crippen molar-refractivity contribution in [3.63, 3.8) is 0 Å². The maximum Gasteiger partial charge on any atom is 0.413 e. The Hall–Kier alpha value is -3.48. The van der Waals surface area contributed by atoms with E-state index in [2.05, 4.69) is 10.3 Å². The first kappa shape index (κ1) is 27.1. The van der Waals surface area contributed by atoms with Crippen LogP contribution in [0.25, 0.3) is 0 Å². The first-order chi connectivity index (χ1) is 17.0. The molecule has 0 spiro atoms. The van der Waals surface area contributed by atoms with Crippen LogP contribution in [0, 0.1) is 0 Å². The van der Waals surface area contributed by atoms with Gasteiger partial charge in [0.15, 0.2) is 0 Å². The molecular weight excluding hydrogens is 510 g/mol. The van der Waals surface area contributed by atoms with Gasteiger partial charge in [0.25, 0.3) is 0 Å². The maximum atomic E-state index is 12.6. The third kappa shape index (κ3) is 6.39. The highest BCUT2D eigenvalue weighted by molar-refractivity contribution is 7.89. The van der Waals surface area contributed by atoms with Crippen LogP contribution < -0.4 is 5.32 Å². The van der Waals surface area contributed by atoms with Crippen molar-refractivity contribution >= 4 is 45.4 Å². The summed E-state index contributed by atoms with van der Waals surface area (Å²) in [6, 6.07) is 12.9. The van der Waals surface area contributed by atoms with E-state index in [1.54, 1.807) is 37.4 Å². The topological polar surface area (TPSA) is 140 Å². The van der Waals surface area contributed by atoms with E-state index in [4.69, 9.17) is 11.6 Å². The number of amides is 3. The minimum Gasteiger partial charge on any atom is -0.465 e. The second-order valence-corrected chi connectivity index (χ2v) is 10.5. The van der Waals surface area contributed by atoms with Gasteiger partial charge in [-0.3, -0.25) is 19.5 Å². The molecule has 192 valence electrons. The lowest BCUT2D eigenvalue weighted by atomic mass is 10.1. The zero-order chi connectivity index (χ0) is 26.5. The number of sulfonamides is 1. The number of carbonyl (C=O) groups is 3. The van der Waals surface area contributed by atoms with E-state index < -0.39 is 28.6 Å². The van der Waals surface area contributed by atoms with Crippen LogP contribution >= 0.6 is 11.6 Å². The lowest BCUT2D eigenvalue weighted by molar-refractivity contribution is -0.132. The van der Waals surface area contributed by atoms with Crippen LogP contribution in [0.2, 0.25) is 5.02 Å². The molecule has 1 heterocycles. The molecule has 0 aromatic heterocycles. The van der Waals surface area contributed by atoms with Crippen molar-refractivity contribution < 1.29 is 27.9 Å². The van der Waals surface area contributed by atoms with Crippen LogP contribution in [-0.4, -0.2) is 91.6 Å². The minimum absolute atomic E-state index is 0.0463. The smallest absolute Gasteiger partial charge is 0.413 e. The molecule has 0 aliphatic carbocycles. The summed E-state index contributed by atoms with van der Waals surface area (Å²) in [5, 5.41) is 11.7. The van der Waals surface area contributed by atoms with Crippen molar-refractivity contribution in [2.75, 3.05) is 40.3 Å². The van der Waals surface area contributed by atoms with Gasteiger partial charge in [0, 0.05) is 26.2 Å². The summed E-state index contributed by atoms with van der Waals surface area (Å²) in [5.41, 5.74) is 1.46. The molecule has 11 nitrogen and oxygen atoms in total. The van der Waals surface area contributed by atoms with Crippen molar-refractivity contribution in [1.29, 1.82) is 0 Å². The van der Waals surface area contributed by atoms with E-state index in [9.17, 15) is 27.9 Å². The Morgan fingerprint density at radius 2 is 1.78 bits per heavy atom. The lowest BCUT2D eigenvalue weighted by Gasteiger charge is -2.20. The van der Waals surface area contributed by atoms with Crippen LogP contribution in [0.4, 0.5) is 4.79 Å². The fourth-order valence-corrected chi connectivity index (χ4v) is 5.09. The second kappa shape index (κ2) is 11.5. The molecule has 2 aromatic rings. The van der Waals surface area contributed by atoms with E-state index in [0.29, 0.717) is 24.5 Å². The number of hydrogen-bond donors (Lipinski definition) is 2. The number of nitrogens with zero attached hydrogens (tertiary/aromatic N) is 4. The summed E-state index contributed by atoms with van der Waals surface area (Å²) < 4.78 is 26.1. The first-order valence-electron chi connectivity index (χ1n) is 10.9. The van der Waals surface area contributed by atoms with Gasteiger partial charge in [0.05, 0.1) is 31.2 Å². The standard InChI is InChI=1S/C23H26ClN5O6S/c1-27(14-16-7-9-17(10-8-16)22-25-11-12-29(22)23(32)33)21(31)13-26-20(30)15-28(2)36(34,35)19-6-4-3-5-18(19)24/h3-10H,11-15H2,1-2H3,(H,26,30)(H,32,33). The minimum atomic E-state index is -3.98. The number of aliphatic imine (C=N–C) groups is 1. The number of benzene rings is 2. The van der Waals surface area contributed by atoms with Crippen LogP contribution in [0.3, 0.4) is 0 Å². The van der Waals surface area contributed by atoms with E-state index in [0.717, 1.165) is 9.87 Å². The Morgan fingerprint density at radius 1 is 1.11 bits per heavy atom. The molecule has 3 rings (SSSR count). The van der Waals surface area contributed by atoms with Crippen molar-refractivity contribution in [2.45, 2.75) is 11.4 Å². The van der Waals surface area contributed by atoms with Gasteiger partial charge in [-0.2, -0.15) is 4.31 Å². The highest BCUT2D eigenvalue weighted by Crippen LogP contribution is 2.23. The molecule has 0 atom stereocenters. The number of halogens is 1. The molecule has 36 heavy (non-hydrogen) atoms. The Bertz CT molecular complexity index is 1280. The van der Waals surface area contributed by atoms with E-state index in [1.807, 2.05) is 0 Å². The predicted octanol–water partition coefficient (Wildman–Crippen LogP) is 1.48. The molecule has 0 saturated heterocycles. The molecule has 0 fully saturated rings. The van der Waals surface area contributed by atoms with Crippen LogP contribution in [0.5, 0.6) is 0 Å². The molecule has 0 saturated carbocycles. The second-order valence-electron chi connectivity index (χ2n) is 8.05. The molecule has 1 aliphatic heterocycles. The van der Waals surface area contributed by atoms with Crippen molar-refractivity contribution in [1.82, 2.24) is 19.4 Å². The number of nitrogens with one attached hydrogen (secondary N) is 1. The van der Waals surface area contributed by atoms with Gasteiger partial charge in [-0.1, -0.05) is 48.0 Å².